The number of carbonyl (C=O) groups is 1. The van der Waals surface area contributed by atoms with Gasteiger partial charge in [-0.25, -0.2) is 4.79 Å². The molecule has 0 spiro atoms. The van der Waals surface area contributed by atoms with E-state index in [0.717, 1.165) is 56.9 Å². The van der Waals surface area contributed by atoms with Crippen LogP contribution in [0.4, 0.5) is 0 Å². The Morgan fingerprint density at radius 2 is 1.68 bits per heavy atom. The molecule has 6 nitrogen and oxygen atoms in total. The fourth-order valence-corrected chi connectivity index (χ4v) is 6.35. The first-order valence-electron chi connectivity index (χ1n) is 15.9. The lowest BCUT2D eigenvalue weighted by Gasteiger charge is -2.30. The Hall–Kier alpha value is -1.64. The van der Waals surface area contributed by atoms with Gasteiger partial charge in [0.2, 0.25) is 5.25 Å². The largest absolute Gasteiger partial charge is 0.611 e. The molecule has 5 atom stereocenters. The van der Waals surface area contributed by atoms with Crippen LogP contribution < -0.4 is 0 Å². The minimum Gasteiger partial charge on any atom is -0.611 e. The lowest BCUT2D eigenvalue weighted by molar-refractivity contribution is -0.194. The monoisotopic (exact) mass is 590 g/mol. The molecule has 4 unspecified atom stereocenters. The molecule has 0 aliphatic carbocycles. The van der Waals surface area contributed by atoms with Gasteiger partial charge < -0.3 is 24.2 Å². The highest BCUT2D eigenvalue weighted by atomic mass is 32.2. The van der Waals surface area contributed by atoms with Crippen LogP contribution in [0.25, 0.3) is 0 Å². The van der Waals surface area contributed by atoms with Crippen molar-refractivity contribution in [3.63, 3.8) is 0 Å². The van der Waals surface area contributed by atoms with E-state index in [1.165, 1.54) is 38.5 Å². The Kier molecular flexibility index (Phi) is 19.1. The minimum atomic E-state index is -1.88. The van der Waals surface area contributed by atoms with E-state index in [-0.39, 0.29) is 18.8 Å². The molecule has 1 aliphatic heterocycles. The van der Waals surface area contributed by atoms with Crippen LogP contribution in [0.5, 0.6) is 0 Å². The van der Waals surface area contributed by atoms with E-state index < -0.39 is 28.5 Å². The van der Waals surface area contributed by atoms with Crippen molar-refractivity contribution in [3.8, 4) is 0 Å². The fraction of sp³-hybridized carbons (Fsp3) is 0.676. The van der Waals surface area contributed by atoms with Crippen LogP contribution in [0.15, 0.2) is 53.5 Å². The predicted octanol–water partition coefficient (Wildman–Crippen LogP) is 8.03. The number of rotatable bonds is 22. The molecular weight excluding hydrogens is 536 g/mol. The van der Waals surface area contributed by atoms with Crippen molar-refractivity contribution in [2.24, 2.45) is 0 Å². The molecule has 1 aromatic carbocycles. The molecule has 0 radical (unpaired) electrons. The smallest absolute Gasteiger partial charge is 0.360 e. The van der Waals surface area contributed by atoms with Crippen molar-refractivity contribution in [1.29, 1.82) is 0 Å². The number of aliphatic carboxylic acids is 1. The van der Waals surface area contributed by atoms with Crippen molar-refractivity contribution >= 4 is 17.1 Å². The van der Waals surface area contributed by atoms with Gasteiger partial charge in [0.05, 0.1) is 6.10 Å². The van der Waals surface area contributed by atoms with Crippen LogP contribution in [0.1, 0.15) is 115 Å². The van der Waals surface area contributed by atoms with Gasteiger partial charge in [-0.05, 0) is 76.8 Å². The van der Waals surface area contributed by atoms with E-state index in [1.807, 2.05) is 6.92 Å². The van der Waals surface area contributed by atoms with Crippen molar-refractivity contribution in [2.45, 2.75) is 145 Å². The van der Waals surface area contributed by atoms with Gasteiger partial charge in [0.15, 0.2) is 11.2 Å². The number of unbranched alkanes of at least 4 members (excludes halogenated alkanes) is 8. The molecule has 1 aromatic rings. The Bertz CT molecular complexity index is 864. The van der Waals surface area contributed by atoms with E-state index in [0.29, 0.717) is 17.9 Å². The maximum absolute atomic E-state index is 13.1. The highest BCUT2D eigenvalue weighted by Gasteiger charge is 2.40. The van der Waals surface area contributed by atoms with E-state index >= 15 is 0 Å². The Morgan fingerprint density at radius 3 is 2.32 bits per heavy atom. The molecule has 0 aromatic heterocycles. The van der Waals surface area contributed by atoms with Gasteiger partial charge in [0.1, 0.15) is 6.10 Å². The second-order valence-corrected chi connectivity index (χ2v) is 12.8. The van der Waals surface area contributed by atoms with Crippen molar-refractivity contribution in [3.05, 3.63) is 54.1 Å². The van der Waals surface area contributed by atoms with Gasteiger partial charge >= 0.3 is 5.97 Å². The normalized spacial score (nSPS) is 19.0. The van der Waals surface area contributed by atoms with Crippen LogP contribution in [0.3, 0.4) is 0 Å². The first kappa shape index (κ1) is 35.6. The number of carboxylic acid groups (broad SMARTS) is 1. The molecule has 1 fully saturated rings. The third-order valence-electron chi connectivity index (χ3n) is 7.54. The van der Waals surface area contributed by atoms with E-state index in [1.54, 1.807) is 24.3 Å². The highest BCUT2D eigenvalue weighted by Crippen LogP contribution is 2.26. The first-order chi connectivity index (χ1) is 19.9. The van der Waals surface area contributed by atoms with Gasteiger partial charge in [-0.3, -0.25) is 0 Å². The Labute approximate surface area is 251 Å². The summed E-state index contributed by atoms with van der Waals surface area (Å²) in [5.41, 5.74) is 0.997. The Morgan fingerprint density at radius 1 is 1.02 bits per heavy atom. The van der Waals surface area contributed by atoms with Crippen LogP contribution in [-0.2, 0) is 25.4 Å². The predicted molar refractivity (Wildman–Crippen MR) is 167 cm³/mol. The number of aliphatic hydroxyl groups excluding tert-OH is 1. The summed E-state index contributed by atoms with van der Waals surface area (Å²) in [6.07, 6.45) is 23.5. The van der Waals surface area contributed by atoms with Crippen LogP contribution >= 0.6 is 0 Å². The summed E-state index contributed by atoms with van der Waals surface area (Å²) in [5, 5.41) is 19.4. The first-order valence-corrected chi connectivity index (χ1v) is 17.1. The zero-order chi connectivity index (χ0) is 29.7. The Balaban J connectivity index is 1.77. The van der Waals surface area contributed by atoms with Gasteiger partial charge in [-0.15, -0.1) is 0 Å². The summed E-state index contributed by atoms with van der Waals surface area (Å²) in [6, 6.07) is 6.94. The van der Waals surface area contributed by atoms with Crippen LogP contribution in [0, 0.1) is 6.92 Å². The lowest BCUT2D eigenvalue weighted by Crippen LogP contribution is -2.43. The number of allylic oxidation sites excluding steroid dienone is 4. The second-order valence-electron chi connectivity index (χ2n) is 11.2. The van der Waals surface area contributed by atoms with Gasteiger partial charge in [-0.1, -0.05) is 87.4 Å². The molecule has 1 heterocycles. The number of aliphatic hydroxyl groups is 1. The molecule has 232 valence electrons. The average Bonchev–Trinajstić information content (AvgIpc) is 2.95. The molecule has 1 saturated heterocycles. The van der Waals surface area contributed by atoms with Crippen molar-refractivity contribution in [2.75, 3.05) is 6.61 Å². The topological polar surface area (TPSA) is 99.1 Å². The lowest BCUT2D eigenvalue weighted by atomic mass is 10.0. The van der Waals surface area contributed by atoms with Crippen LogP contribution in [-0.4, -0.2) is 51.1 Å². The number of carboxylic acids is 1. The summed E-state index contributed by atoms with van der Waals surface area (Å²) in [4.78, 5) is 12.5. The van der Waals surface area contributed by atoms with E-state index in [9.17, 15) is 19.6 Å². The maximum Gasteiger partial charge on any atom is 0.360 e. The number of hydrogen-bond donors (Lipinski definition) is 2. The van der Waals surface area contributed by atoms with Gasteiger partial charge in [-0.2, -0.15) is 0 Å². The summed E-state index contributed by atoms with van der Waals surface area (Å²) < 4.78 is 25.1. The molecule has 0 bridgehead atoms. The number of hydrogen-bond acceptors (Lipinski definition) is 5. The summed E-state index contributed by atoms with van der Waals surface area (Å²) >= 11 is -1.88. The standard InChI is InChI=1S/C34H54O6S/c1-3-4-5-6-7-8-9-10-11-12-13-14-15-16-17-20-29(40-32-21-18-19-26-39-32)27-31(35)33(34(36)37)41(38)30-24-22-28(2)23-25-30/h7-8,10-11,22-25,29,31-33,35H,3-6,9,12-21,26-27H2,1-2H3,(H,36,37)/t29?,31?,32?,33?,41-/m1/s1. The van der Waals surface area contributed by atoms with E-state index in [2.05, 4.69) is 31.2 Å². The van der Waals surface area contributed by atoms with Crippen molar-refractivity contribution in [1.82, 2.24) is 0 Å². The molecule has 2 rings (SSSR count). The number of ether oxygens (including phenoxy) is 2. The quantitative estimate of drug-likeness (QED) is 0.0806. The highest BCUT2D eigenvalue weighted by molar-refractivity contribution is 7.92. The molecule has 2 N–H and O–H groups in total. The zero-order valence-corrected chi connectivity index (χ0v) is 26.2. The van der Waals surface area contributed by atoms with Gasteiger partial charge in [0, 0.05) is 24.2 Å². The fourth-order valence-electron chi connectivity index (χ4n) is 5.07. The SMILES string of the molecule is CCCCCC=CCC=CCCCCCCCC(CC(O)C(C(=O)O)[S@+]([O-])c1ccc(C)cc1)OC1CCCCO1. The molecule has 0 amide bonds. The molecule has 7 heteroatoms. The molecule has 1 aliphatic rings. The molecular formula is C34H54O6S. The zero-order valence-electron chi connectivity index (χ0n) is 25.4. The second kappa shape index (κ2) is 22.0. The average molecular weight is 591 g/mol. The van der Waals surface area contributed by atoms with Crippen molar-refractivity contribution < 1.29 is 29.0 Å². The third-order valence-corrected chi connectivity index (χ3v) is 9.25. The summed E-state index contributed by atoms with van der Waals surface area (Å²) in [5.74, 6) is -1.26. The third kappa shape index (κ3) is 15.4. The molecule has 0 saturated carbocycles. The number of aryl methyl sites for hydroxylation is 1. The minimum absolute atomic E-state index is 0.117. The van der Waals surface area contributed by atoms with E-state index in [4.69, 9.17) is 9.47 Å². The number of benzene rings is 1. The maximum atomic E-state index is 13.1. The molecule has 41 heavy (non-hydrogen) atoms. The summed E-state index contributed by atoms with van der Waals surface area (Å²) in [6.45, 7) is 4.80. The summed E-state index contributed by atoms with van der Waals surface area (Å²) in [7, 11) is 0. The van der Waals surface area contributed by atoms with Gasteiger partial charge in [0.25, 0.3) is 0 Å². The van der Waals surface area contributed by atoms with Crippen LogP contribution in [0.2, 0.25) is 0 Å².